The van der Waals surface area contributed by atoms with Crippen molar-refractivity contribution in [3.63, 3.8) is 0 Å². The molecule has 0 radical (unpaired) electrons. The van der Waals surface area contributed by atoms with Gasteiger partial charge < -0.3 is 20.3 Å². The number of phenolic OH excluding ortho intramolecular Hbond substituents is 1. The van der Waals surface area contributed by atoms with Gasteiger partial charge in [-0.15, -0.1) is 0 Å². The molecular formula is C25H22FNO7S. The second-order valence-electron chi connectivity index (χ2n) is 8.22. The summed E-state index contributed by atoms with van der Waals surface area (Å²) in [5.74, 6) is -3.76. The molecule has 0 fully saturated rings. The number of phenols is 1. The highest BCUT2D eigenvalue weighted by molar-refractivity contribution is 7.90. The van der Waals surface area contributed by atoms with Crippen LogP contribution in [0.1, 0.15) is 22.6 Å². The first-order valence-corrected chi connectivity index (χ1v) is 12.5. The van der Waals surface area contributed by atoms with E-state index in [9.17, 15) is 32.6 Å². The summed E-state index contributed by atoms with van der Waals surface area (Å²) in [6.07, 6.45) is -0.853. The van der Waals surface area contributed by atoms with Gasteiger partial charge in [0.25, 0.3) is 0 Å². The lowest BCUT2D eigenvalue weighted by atomic mass is 9.98. The number of aromatic hydroxyl groups is 1. The van der Waals surface area contributed by atoms with Crippen molar-refractivity contribution in [3.05, 3.63) is 83.2 Å². The van der Waals surface area contributed by atoms with Crippen molar-refractivity contribution in [2.45, 2.75) is 23.3 Å². The summed E-state index contributed by atoms with van der Waals surface area (Å²) in [5, 5.41) is 21.5. The molecule has 1 unspecified atom stereocenters. The number of nitrogens with one attached hydrogen (secondary N) is 1. The van der Waals surface area contributed by atoms with Gasteiger partial charge >= 0.3 is 12.1 Å². The molecule has 0 saturated carbocycles. The number of carboxylic acid groups (broad SMARTS) is 1. The lowest BCUT2D eigenvalue weighted by Crippen LogP contribution is -2.43. The summed E-state index contributed by atoms with van der Waals surface area (Å²) >= 11 is 0. The van der Waals surface area contributed by atoms with E-state index in [1.165, 1.54) is 0 Å². The molecule has 1 aliphatic carbocycles. The van der Waals surface area contributed by atoms with Crippen molar-refractivity contribution < 1.29 is 37.3 Å². The third-order valence-electron chi connectivity index (χ3n) is 5.88. The summed E-state index contributed by atoms with van der Waals surface area (Å²) in [7, 11) is -4.12. The number of benzene rings is 3. The van der Waals surface area contributed by atoms with Gasteiger partial charge in [-0.3, -0.25) is 0 Å². The molecule has 0 aliphatic heterocycles. The zero-order valence-electron chi connectivity index (χ0n) is 18.6. The van der Waals surface area contributed by atoms with E-state index in [0.29, 0.717) is 0 Å². The number of ether oxygens (including phenoxy) is 1. The first-order chi connectivity index (χ1) is 16.6. The summed E-state index contributed by atoms with van der Waals surface area (Å²) in [6, 6.07) is 15.9. The first-order valence-electron chi connectivity index (χ1n) is 10.6. The Morgan fingerprint density at radius 3 is 2.14 bits per heavy atom. The van der Waals surface area contributed by atoms with Crippen LogP contribution in [0.15, 0.2) is 65.6 Å². The average molecular weight is 500 g/mol. The molecule has 0 aromatic heterocycles. The number of hydrogen-bond donors (Lipinski definition) is 3. The van der Waals surface area contributed by atoms with E-state index in [1.54, 1.807) is 0 Å². The minimum Gasteiger partial charge on any atom is -0.506 e. The molecule has 10 heteroatoms. The van der Waals surface area contributed by atoms with Crippen molar-refractivity contribution >= 4 is 21.9 Å². The van der Waals surface area contributed by atoms with E-state index in [2.05, 4.69) is 5.32 Å². The van der Waals surface area contributed by atoms with Gasteiger partial charge in [0.05, 0.1) is 0 Å². The third-order valence-corrected chi connectivity index (χ3v) is 7.01. The van der Waals surface area contributed by atoms with Crippen LogP contribution in [0.4, 0.5) is 9.18 Å². The predicted molar refractivity (Wildman–Crippen MR) is 125 cm³/mol. The van der Waals surface area contributed by atoms with Crippen LogP contribution in [0.25, 0.3) is 11.1 Å². The molecule has 4 rings (SSSR count). The number of alkyl carbamates (subject to hydrolysis) is 1. The van der Waals surface area contributed by atoms with Crippen LogP contribution >= 0.6 is 0 Å². The predicted octanol–water partition coefficient (Wildman–Crippen LogP) is 3.47. The van der Waals surface area contributed by atoms with Crippen molar-refractivity contribution in [3.8, 4) is 16.9 Å². The van der Waals surface area contributed by atoms with Gasteiger partial charge in [-0.05, 0) is 33.9 Å². The van der Waals surface area contributed by atoms with Gasteiger partial charge in [0.1, 0.15) is 29.1 Å². The largest absolute Gasteiger partial charge is 0.506 e. The van der Waals surface area contributed by atoms with Crippen LogP contribution in [0.3, 0.4) is 0 Å². The van der Waals surface area contributed by atoms with Crippen LogP contribution in [-0.4, -0.2) is 49.6 Å². The molecule has 1 atom stereocenters. The standard InChI is InChI=1S/C25H22FNO7S/c1-35(32,33)23-21(28)11-10-14(22(23)26)12-20(24(29)30)27-25(31)34-13-19-17-8-4-2-6-15(17)16-7-3-5-9-18(16)19/h2-11,19-20,28H,12-13H2,1H3,(H,27,31)(H,29,30). The minimum absolute atomic E-state index is 0.0437. The van der Waals surface area contributed by atoms with Crippen LogP contribution in [-0.2, 0) is 25.8 Å². The lowest BCUT2D eigenvalue weighted by molar-refractivity contribution is -0.139. The van der Waals surface area contributed by atoms with Crippen LogP contribution < -0.4 is 5.32 Å². The SMILES string of the molecule is CS(=O)(=O)c1c(O)ccc(CC(NC(=O)OCC2c3ccccc3-c3ccccc32)C(=O)O)c1F. The van der Waals surface area contributed by atoms with Gasteiger partial charge in [0.2, 0.25) is 0 Å². The zero-order valence-corrected chi connectivity index (χ0v) is 19.4. The smallest absolute Gasteiger partial charge is 0.407 e. The maximum atomic E-state index is 14.7. The van der Waals surface area contributed by atoms with Gasteiger partial charge in [0, 0.05) is 18.6 Å². The number of rotatable bonds is 7. The number of amides is 1. The van der Waals surface area contributed by atoms with Crippen LogP contribution in [0.5, 0.6) is 5.75 Å². The fourth-order valence-electron chi connectivity index (χ4n) is 4.30. The highest BCUT2D eigenvalue weighted by Crippen LogP contribution is 2.44. The first kappa shape index (κ1) is 24.2. The van der Waals surface area contributed by atoms with E-state index < -0.39 is 50.8 Å². The number of fused-ring (bicyclic) bond motifs is 3. The number of halogens is 1. The molecule has 35 heavy (non-hydrogen) atoms. The fraction of sp³-hybridized carbons (Fsp3) is 0.200. The molecule has 3 aromatic rings. The van der Waals surface area contributed by atoms with Crippen LogP contribution in [0.2, 0.25) is 0 Å². The Balaban J connectivity index is 1.48. The van der Waals surface area contributed by atoms with Crippen molar-refractivity contribution in [1.82, 2.24) is 5.32 Å². The van der Waals surface area contributed by atoms with Crippen molar-refractivity contribution in [2.24, 2.45) is 0 Å². The Morgan fingerprint density at radius 2 is 1.60 bits per heavy atom. The van der Waals surface area contributed by atoms with Gasteiger partial charge in [-0.1, -0.05) is 54.6 Å². The van der Waals surface area contributed by atoms with E-state index >= 15 is 0 Å². The Labute approximate surface area is 200 Å². The van der Waals surface area contributed by atoms with E-state index in [1.807, 2.05) is 48.5 Å². The molecule has 3 N–H and O–H groups in total. The lowest BCUT2D eigenvalue weighted by Gasteiger charge is -2.18. The number of carbonyl (C=O) groups excluding carboxylic acids is 1. The molecule has 1 aliphatic rings. The summed E-state index contributed by atoms with van der Waals surface area (Å²) in [6.45, 7) is -0.0437. The number of aliphatic carboxylic acids is 1. The van der Waals surface area contributed by atoms with Crippen LogP contribution in [0, 0.1) is 5.82 Å². The quantitative estimate of drug-likeness (QED) is 0.454. The molecule has 8 nitrogen and oxygen atoms in total. The minimum atomic E-state index is -4.12. The van der Waals surface area contributed by atoms with Crippen molar-refractivity contribution in [2.75, 3.05) is 12.9 Å². The Kier molecular flexibility index (Phi) is 6.49. The van der Waals surface area contributed by atoms with E-state index in [4.69, 9.17) is 4.74 Å². The molecule has 0 heterocycles. The number of carboxylic acids is 1. The van der Waals surface area contributed by atoms with Gasteiger partial charge in [0.15, 0.2) is 9.84 Å². The number of sulfone groups is 1. The normalized spacial score (nSPS) is 13.5. The number of carbonyl (C=O) groups is 2. The highest BCUT2D eigenvalue weighted by atomic mass is 32.2. The molecule has 3 aromatic carbocycles. The molecule has 0 saturated heterocycles. The Hall–Kier alpha value is -3.92. The maximum Gasteiger partial charge on any atom is 0.407 e. The molecule has 182 valence electrons. The maximum absolute atomic E-state index is 14.7. The van der Waals surface area contributed by atoms with Crippen molar-refractivity contribution in [1.29, 1.82) is 0 Å². The monoisotopic (exact) mass is 499 g/mol. The summed E-state index contributed by atoms with van der Waals surface area (Å²) in [5.41, 5.74) is 3.73. The number of hydrogen-bond acceptors (Lipinski definition) is 6. The second-order valence-corrected chi connectivity index (χ2v) is 10.2. The summed E-state index contributed by atoms with van der Waals surface area (Å²) in [4.78, 5) is 23.3. The van der Waals surface area contributed by atoms with Gasteiger partial charge in [-0.2, -0.15) is 0 Å². The molecule has 0 spiro atoms. The van der Waals surface area contributed by atoms with Gasteiger partial charge in [-0.25, -0.2) is 22.4 Å². The van der Waals surface area contributed by atoms with E-state index in [-0.39, 0.29) is 18.1 Å². The second kappa shape index (κ2) is 9.38. The zero-order chi connectivity index (χ0) is 25.3. The third kappa shape index (κ3) is 4.83. The fourth-order valence-corrected chi connectivity index (χ4v) is 5.20. The summed E-state index contributed by atoms with van der Waals surface area (Å²) < 4.78 is 43.7. The Morgan fingerprint density at radius 1 is 1.03 bits per heavy atom. The Bertz CT molecular complexity index is 1380. The van der Waals surface area contributed by atoms with E-state index in [0.717, 1.165) is 40.6 Å². The topological polar surface area (TPSA) is 130 Å². The molecular weight excluding hydrogens is 477 g/mol. The molecule has 1 amide bonds. The molecule has 0 bridgehead atoms. The highest BCUT2D eigenvalue weighted by Gasteiger charge is 2.30. The average Bonchev–Trinajstić information content (AvgIpc) is 3.12.